The fourth-order valence-corrected chi connectivity index (χ4v) is 2.88. The van der Waals surface area contributed by atoms with Crippen molar-refractivity contribution >= 4 is 17.3 Å². The predicted molar refractivity (Wildman–Crippen MR) is 92.6 cm³/mol. The molecule has 2 N–H and O–H groups in total. The highest BCUT2D eigenvalue weighted by molar-refractivity contribution is 6.00. The van der Waals surface area contributed by atoms with Crippen molar-refractivity contribution in [3.63, 3.8) is 0 Å². The van der Waals surface area contributed by atoms with Crippen LogP contribution in [0, 0.1) is 5.82 Å². The number of hydrogen-bond acceptors (Lipinski definition) is 3. The lowest BCUT2D eigenvalue weighted by molar-refractivity contribution is -0.126. The number of carbonyl (C=O) groups is 1. The van der Waals surface area contributed by atoms with Gasteiger partial charge in [-0.2, -0.15) is 0 Å². The SMILES string of the molecule is CCCCN1C(=O)C(Cc2ccccc2F)Oc2ccc(N)cc21. The minimum Gasteiger partial charge on any atom is -0.478 e. The lowest BCUT2D eigenvalue weighted by Gasteiger charge is -2.34. The summed E-state index contributed by atoms with van der Waals surface area (Å²) in [5.41, 5.74) is 7.61. The average molecular weight is 328 g/mol. The van der Waals surface area contributed by atoms with Gasteiger partial charge in [0.05, 0.1) is 5.69 Å². The third kappa shape index (κ3) is 3.20. The minimum atomic E-state index is -0.727. The molecule has 0 aromatic heterocycles. The fourth-order valence-electron chi connectivity index (χ4n) is 2.88. The average Bonchev–Trinajstić information content (AvgIpc) is 2.57. The van der Waals surface area contributed by atoms with Crippen LogP contribution in [0.4, 0.5) is 15.8 Å². The molecule has 1 aliphatic heterocycles. The zero-order valence-electron chi connectivity index (χ0n) is 13.7. The van der Waals surface area contributed by atoms with Crippen molar-refractivity contribution in [1.29, 1.82) is 0 Å². The number of unbranched alkanes of at least 4 members (excludes halogenated alkanes) is 1. The predicted octanol–water partition coefficient (Wildman–Crippen LogP) is 3.54. The van der Waals surface area contributed by atoms with Crippen LogP contribution in [-0.2, 0) is 11.2 Å². The van der Waals surface area contributed by atoms with Crippen LogP contribution in [0.5, 0.6) is 5.75 Å². The minimum absolute atomic E-state index is 0.148. The number of benzene rings is 2. The third-order valence-corrected chi connectivity index (χ3v) is 4.18. The molecular formula is C19H21FN2O2. The summed E-state index contributed by atoms with van der Waals surface area (Å²) in [5, 5.41) is 0. The van der Waals surface area contributed by atoms with Gasteiger partial charge < -0.3 is 15.4 Å². The number of hydrogen-bond donors (Lipinski definition) is 1. The zero-order chi connectivity index (χ0) is 17.1. The first-order valence-corrected chi connectivity index (χ1v) is 8.21. The molecule has 1 unspecified atom stereocenters. The molecule has 0 bridgehead atoms. The van der Waals surface area contributed by atoms with E-state index in [1.54, 1.807) is 41.3 Å². The van der Waals surface area contributed by atoms with Gasteiger partial charge in [-0.3, -0.25) is 4.79 Å². The first kappa shape index (κ1) is 16.3. The number of ether oxygens (including phenoxy) is 1. The Labute approximate surface area is 141 Å². The third-order valence-electron chi connectivity index (χ3n) is 4.18. The summed E-state index contributed by atoms with van der Waals surface area (Å²) in [6.07, 6.45) is 1.33. The second-order valence-electron chi connectivity index (χ2n) is 5.97. The van der Waals surface area contributed by atoms with E-state index in [-0.39, 0.29) is 18.1 Å². The van der Waals surface area contributed by atoms with E-state index in [0.29, 0.717) is 29.2 Å². The van der Waals surface area contributed by atoms with Crippen LogP contribution in [-0.4, -0.2) is 18.6 Å². The summed E-state index contributed by atoms with van der Waals surface area (Å²) in [5.74, 6) is 0.142. The maximum Gasteiger partial charge on any atom is 0.268 e. The van der Waals surface area contributed by atoms with Gasteiger partial charge in [-0.25, -0.2) is 4.39 Å². The quantitative estimate of drug-likeness (QED) is 0.854. The van der Waals surface area contributed by atoms with E-state index in [0.717, 1.165) is 12.8 Å². The number of nitrogens with zero attached hydrogens (tertiary/aromatic N) is 1. The highest BCUT2D eigenvalue weighted by atomic mass is 19.1. The molecule has 126 valence electrons. The van der Waals surface area contributed by atoms with Crippen LogP contribution in [0.1, 0.15) is 25.3 Å². The highest BCUT2D eigenvalue weighted by Crippen LogP contribution is 2.36. The van der Waals surface area contributed by atoms with Crippen molar-refractivity contribution in [2.24, 2.45) is 0 Å². The normalized spacial score (nSPS) is 16.7. The second-order valence-corrected chi connectivity index (χ2v) is 5.97. The van der Waals surface area contributed by atoms with E-state index in [1.807, 2.05) is 0 Å². The molecule has 1 atom stereocenters. The van der Waals surface area contributed by atoms with E-state index in [9.17, 15) is 9.18 Å². The van der Waals surface area contributed by atoms with Crippen molar-refractivity contribution in [2.45, 2.75) is 32.3 Å². The standard InChI is InChI=1S/C19H21FN2O2/c1-2-3-10-22-16-12-14(21)8-9-17(16)24-18(19(22)23)11-13-6-4-5-7-15(13)20/h4-9,12,18H,2-3,10-11,21H2,1H3. The number of fused-ring (bicyclic) bond motifs is 1. The Morgan fingerprint density at radius 3 is 2.79 bits per heavy atom. The molecule has 0 saturated heterocycles. The summed E-state index contributed by atoms with van der Waals surface area (Å²) >= 11 is 0. The van der Waals surface area contributed by atoms with Crippen LogP contribution in [0.2, 0.25) is 0 Å². The van der Waals surface area contributed by atoms with Crippen molar-refractivity contribution in [1.82, 2.24) is 0 Å². The molecule has 0 spiro atoms. The Morgan fingerprint density at radius 1 is 1.25 bits per heavy atom. The number of rotatable bonds is 5. The van der Waals surface area contributed by atoms with Gasteiger partial charge in [0.2, 0.25) is 0 Å². The second kappa shape index (κ2) is 6.91. The van der Waals surface area contributed by atoms with Gasteiger partial charge in [0.15, 0.2) is 6.10 Å². The largest absolute Gasteiger partial charge is 0.478 e. The Bertz CT molecular complexity index is 748. The van der Waals surface area contributed by atoms with Gasteiger partial charge >= 0.3 is 0 Å². The summed E-state index contributed by atoms with van der Waals surface area (Å²) < 4.78 is 19.8. The molecule has 4 nitrogen and oxygen atoms in total. The first-order valence-electron chi connectivity index (χ1n) is 8.21. The van der Waals surface area contributed by atoms with Gasteiger partial charge in [-0.05, 0) is 36.2 Å². The van der Waals surface area contributed by atoms with Gasteiger partial charge in [-0.1, -0.05) is 31.5 Å². The number of nitrogen functional groups attached to an aromatic ring is 1. The van der Waals surface area contributed by atoms with E-state index >= 15 is 0 Å². The summed E-state index contributed by atoms with van der Waals surface area (Å²) in [6, 6.07) is 11.7. The smallest absolute Gasteiger partial charge is 0.268 e. The van der Waals surface area contributed by atoms with Crippen LogP contribution >= 0.6 is 0 Å². The van der Waals surface area contributed by atoms with Gasteiger partial charge in [0, 0.05) is 18.7 Å². The molecule has 0 fully saturated rings. The number of carbonyl (C=O) groups excluding carboxylic acids is 1. The molecule has 2 aromatic carbocycles. The number of halogens is 1. The van der Waals surface area contributed by atoms with Gasteiger partial charge in [0.25, 0.3) is 5.91 Å². The molecular weight excluding hydrogens is 307 g/mol. The molecule has 1 heterocycles. The zero-order valence-corrected chi connectivity index (χ0v) is 13.7. The van der Waals surface area contributed by atoms with E-state index in [4.69, 9.17) is 10.5 Å². The Balaban J connectivity index is 1.91. The molecule has 24 heavy (non-hydrogen) atoms. The summed E-state index contributed by atoms with van der Waals surface area (Å²) in [7, 11) is 0. The van der Waals surface area contributed by atoms with Crippen LogP contribution in [0.3, 0.4) is 0 Å². The highest BCUT2D eigenvalue weighted by Gasteiger charge is 2.34. The van der Waals surface area contributed by atoms with Crippen LogP contribution < -0.4 is 15.4 Å². The van der Waals surface area contributed by atoms with Gasteiger partial charge in [0.1, 0.15) is 11.6 Å². The lowest BCUT2D eigenvalue weighted by Crippen LogP contribution is -2.47. The van der Waals surface area contributed by atoms with Crippen molar-refractivity contribution in [2.75, 3.05) is 17.2 Å². The number of nitrogens with two attached hydrogens (primary N) is 1. The van der Waals surface area contributed by atoms with Crippen LogP contribution in [0.15, 0.2) is 42.5 Å². The maximum absolute atomic E-state index is 13.9. The summed E-state index contributed by atoms with van der Waals surface area (Å²) in [6.45, 7) is 2.67. The Morgan fingerprint density at radius 2 is 2.04 bits per heavy atom. The van der Waals surface area contributed by atoms with Gasteiger partial charge in [-0.15, -0.1) is 0 Å². The van der Waals surface area contributed by atoms with Crippen molar-refractivity contribution in [3.8, 4) is 5.75 Å². The molecule has 2 aromatic rings. The number of amides is 1. The molecule has 3 rings (SSSR count). The topological polar surface area (TPSA) is 55.6 Å². The molecule has 0 radical (unpaired) electrons. The molecule has 5 heteroatoms. The first-order chi connectivity index (χ1) is 11.6. The van der Waals surface area contributed by atoms with E-state index in [2.05, 4.69) is 6.92 Å². The monoisotopic (exact) mass is 328 g/mol. The molecule has 1 amide bonds. The van der Waals surface area contributed by atoms with Crippen LogP contribution in [0.25, 0.3) is 0 Å². The summed E-state index contributed by atoms with van der Waals surface area (Å²) in [4.78, 5) is 14.6. The molecule has 1 aliphatic rings. The van der Waals surface area contributed by atoms with E-state index < -0.39 is 6.10 Å². The fraction of sp³-hybridized carbons (Fsp3) is 0.316. The molecule has 0 saturated carbocycles. The number of anilines is 2. The lowest BCUT2D eigenvalue weighted by atomic mass is 10.0. The maximum atomic E-state index is 13.9. The Hall–Kier alpha value is -2.56. The van der Waals surface area contributed by atoms with Crippen molar-refractivity contribution < 1.29 is 13.9 Å². The van der Waals surface area contributed by atoms with Crippen molar-refractivity contribution in [3.05, 3.63) is 53.8 Å². The van der Waals surface area contributed by atoms with E-state index in [1.165, 1.54) is 6.07 Å². The molecule has 0 aliphatic carbocycles. The Kier molecular flexibility index (Phi) is 4.69.